The van der Waals surface area contributed by atoms with Crippen LogP contribution in [0.2, 0.25) is 0 Å². The molecule has 0 amide bonds. The summed E-state index contributed by atoms with van der Waals surface area (Å²) in [5, 5.41) is 0. The predicted molar refractivity (Wildman–Crippen MR) is 57.6 cm³/mol. The first-order valence-corrected chi connectivity index (χ1v) is 6.16. The number of carbonyl (C=O) groups excluding carboxylic acids is 2. The maximum absolute atomic E-state index is 11.3. The second-order valence-corrected chi connectivity index (χ2v) is 4.12. The smallest absolute Gasteiger partial charge is 0.469 e. The summed E-state index contributed by atoms with van der Waals surface area (Å²) in [6.07, 6.45) is -1.16. The molecule has 0 N–H and O–H groups in total. The molecule has 0 fully saturated rings. The Kier molecular flexibility index (Phi) is 8.49. The Labute approximate surface area is 100 Å². The summed E-state index contributed by atoms with van der Waals surface area (Å²) in [5.41, 5.74) is 0. The standard InChI is InChI=1S/C9H16O7P/c1-13-6-17(12)16-7(9(11)15-3)4-5-8(10)14-2/h7H,4-6H2,1-3H3/q+1. The molecular weight excluding hydrogens is 251 g/mol. The Balaban J connectivity index is 4.28. The summed E-state index contributed by atoms with van der Waals surface area (Å²) in [5.74, 6) is -1.17. The van der Waals surface area contributed by atoms with Gasteiger partial charge in [-0.05, 0) is 11.0 Å². The monoisotopic (exact) mass is 267 g/mol. The van der Waals surface area contributed by atoms with Gasteiger partial charge in [0.15, 0.2) is 0 Å². The first-order chi connectivity index (χ1) is 8.04. The molecule has 0 heterocycles. The van der Waals surface area contributed by atoms with E-state index in [9.17, 15) is 14.2 Å². The highest BCUT2D eigenvalue weighted by Crippen LogP contribution is 2.26. The topological polar surface area (TPSA) is 88.1 Å². The van der Waals surface area contributed by atoms with Crippen LogP contribution in [0.1, 0.15) is 12.8 Å². The number of esters is 2. The van der Waals surface area contributed by atoms with Crippen molar-refractivity contribution in [3.63, 3.8) is 0 Å². The van der Waals surface area contributed by atoms with Crippen molar-refractivity contribution in [1.29, 1.82) is 0 Å². The van der Waals surface area contributed by atoms with Crippen LogP contribution in [0.25, 0.3) is 0 Å². The Morgan fingerprint density at radius 1 is 1.18 bits per heavy atom. The fourth-order valence-electron chi connectivity index (χ4n) is 0.974. The zero-order chi connectivity index (χ0) is 13.3. The van der Waals surface area contributed by atoms with Crippen molar-refractivity contribution < 1.29 is 32.9 Å². The summed E-state index contributed by atoms with van der Waals surface area (Å²) >= 11 is 0. The van der Waals surface area contributed by atoms with Crippen LogP contribution in [0.4, 0.5) is 0 Å². The molecule has 0 aliphatic heterocycles. The van der Waals surface area contributed by atoms with Crippen LogP contribution >= 0.6 is 8.03 Å². The van der Waals surface area contributed by atoms with Gasteiger partial charge in [0.25, 0.3) is 6.35 Å². The molecule has 0 radical (unpaired) electrons. The largest absolute Gasteiger partial charge is 0.537 e. The molecule has 0 rings (SSSR count). The fourth-order valence-corrected chi connectivity index (χ4v) is 1.72. The van der Waals surface area contributed by atoms with Gasteiger partial charge in [-0.25, -0.2) is 4.79 Å². The summed E-state index contributed by atoms with van der Waals surface area (Å²) in [4.78, 5) is 22.2. The molecule has 0 aromatic heterocycles. The zero-order valence-electron chi connectivity index (χ0n) is 10.0. The summed E-state index contributed by atoms with van der Waals surface area (Å²) in [7, 11) is 1.66. The van der Waals surface area contributed by atoms with Crippen molar-refractivity contribution in [2.45, 2.75) is 18.9 Å². The van der Waals surface area contributed by atoms with Crippen LogP contribution in [0, 0.1) is 0 Å². The van der Waals surface area contributed by atoms with Gasteiger partial charge in [-0.15, -0.1) is 4.52 Å². The lowest BCUT2D eigenvalue weighted by atomic mass is 10.2. The van der Waals surface area contributed by atoms with Crippen LogP contribution in [-0.4, -0.2) is 45.7 Å². The van der Waals surface area contributed by atoms with E-state index < -0.39 is 26.1 Å². The maximum Gasteiger partial charge on any atom is 0.537 e. The SMILES string of the molecule is COC[P+](=O)OC(CCC(=O)OC)C(=O)OC. The number of hydrogen-bond donors (Lipinski definition) is 0. The molecule has 8 heteroatoms. The van der Waals surface area contributed by atoms with E-state index in [0.29, 0.717) is 0 Å². The summed E-state index contributed by atoms with van der Waals surface area (Å²) < 4.78 is 29.7. The van der Waals surface area contributed by atoms with Gasteiger partial charge < -0.3 is 14.2 Å². The van der Waals surface area contributed by atoms with Crippen LogP contribution < -0.4 is 0 Å². The lowest BCUT2D eigenvalue weighted by Gasteiger charge is -2.07. The van der Waals surface area contributed by atoms with Crippen LogP contribution in [0.15, 0.2) is 0 Å². The minimum atomic E-state index is -2.12. The van der Waals surface area contributed by atoms with E-state index in [4.69, 9.17) is 4.52 Å². The third-order valence-corrected chi connectivity index (χ3v) is 2.74. The lowest BCUT2D eigenvalue weighted by molar-refractivity contribution is -0.150. The highest BCUT2D eigenvalue weighted by atomic mass is 31.1. The Hall–Kier alpha value is -1.04. The normalized spacial score (nSPS) is 12.8. The quantitative estimate of drug-likeness (QED) is 0.475. The molecule has 0 aromatic carbocycles. The van der Waals surface area contributed by atoms with Gasteiger partial charge in [0.05, 0.1) is 14.2 Å². The molecular formula is C9H16O7P+. The van der Waals surface area contributed by atoms with Gasteiger partial charge in [0.2, 0.25) is 6.10 Å². The molecule has 0 aliphatic carbocycles. The zero-order valence-corrected chi connectivity index (χ0v) is 10.9. The Morgan fingerprint density at radius 2 is 1.82 bits per heavy atom. The number of ether oxygens (including phenoxy) is 3. The van der Waals surface area contributed by atoms with Crippen molar-refractivity contribution in [3.8, 4) is 0 Å². The Bertz CT molecular complexity index is 279. The molecule has 0 spiro atoms. The van der Waals surface area contributed by atoms with E-state index in [0.717, 1.165) is 0 Å². The second kappa shape index (κ2) is 9.04. The fraction of sp³-hybridized carbons (Fsp3) is 0.778. The molecule has 7 nitrogen and oxygen atoms in total. The number of carbonyl (C=O) groups is 2. The third kappa shape index (κ3) is 6.99. The van der Waals surface area contributed by atoms with E-state index in [1.165, 1.54) is 21.3 Å². The molecule has 0 bridgehead atoms. The van der Waals surface area contributed by atoms with Crippen LogP contribution in [0.5, 0.6) is 0 Å². The average molecular weight is 267 g/mol. The number of methoxy groups -OCH3 is 3. The molecule has 98 valence electrons. The van der Waals surface area contributed by atoms with Gasteiger partial charge in [-0.3, -0.25) is 4.79 Å². The molecule has 0 saturated heterocycles. The number of rotatable bonds is 8. The van der Waals surface area contributed by atoms with E-state index in [-0.39, 0.29) is 19.2 Å². The highest BCUT2D eigenvalue weighted by Gasteiger charge is 2.31. The van der Waals surface area contributed by atoms with E-state index in [1.807, 2.05) is 0 Å². The molecule has 2 unspecified atom stereocenters. The van der Waals surface area contributed by atoms with Crippen molar-refractivity contribution in [2.75, 3.05) is 27.7 Å². The van der Waals surface area contributed by atoms with Gasteiger partial charge in [0, 0.05) is 13.5 Å². The van der Waals surface area contributed by atoms with Gasteiger partial charge in [-0.2, -0.15) is 0 Å². The Morgan fingerprint density at radius 3 is 2.29 bits per heavy atom. The molecule has 2 atom stereocenters. The van der Waals surface area contributed by atoms with Crippen LogP contribution in [0.3, 0.4) is 0 Å². The molecule has 17 heavy (non-hydrogen) atoms. The van der Waals surface area contributed by atoms with Crippen molar-refractivity contribution in [1.82, 2.24) is 0 Å². The van der Waals surface area contributed by atoms with E-state index in [2.05, 4.69) is 14.2 Å². The third-order valence-electron chi connectivity index (χ3n) is 1.78. The number of hydrogen-bond acceptors (Lipinski definition) is 7. The van der Waals surface area contributed by atoms with Gasteiger partial charge >= 0.3 is 20.0 Å². The molecule has 0 aliphatic rings. The minimum absolute atomic E-state index is 0.0214. The summed E-state index contributed by atoms with van der Waals surface area (Å²) in [6.45, 7) is 0. The minimum Gasteiger partial charge on any atom is -0.469 e. The molecule has 0 aromatic rings. The lowest BCUT2D eigenvalue weighted by Crippen LogP contribution is -2.24. The summed E-state index contributed by atoms with van der Waals surface area (Å²) in [6, 6.07) is 0. The maximum atomic E-state index is 11.3. The van der Waals surface area contributed by atoms with Crippen molar-refractivity contribution in [2.24, 2.45) is 0 Å². The van der Waals surface area contributed by atoms with Crippen molar-refractivity contribution >= 4 is 20.0 Å². The van der Waals surface area contributed by atoms with Gasteiger partial charge in [0.1, 0.15) is 0 Å². The van der Waals surface area contributed by atoms with Crippen molar-refractivity contribution in [3.05, 3.63) is 0 Å². The molecule has 0 saturated carbocycles. The van der Waals surface area contributed by atoms with Gasteiger partial charge in [-0.1, -0.05) is 0 Å². The predicted octanol–water partition coefficient (Wildman–Crippen LogP) is 0.844. The van der Waals surface area contributed by atoms with E-state index >= 15 is 0 Å². The van der Waals surface area contributed by atoms with E-state index in [1.54, 1.807) is 0 Å². The average Bonchev–Trinajstić information content (AvgIpc) is 2.33. The second-order valence-electron chi connectivity index (χ2n) is 2.98. The first kappa shape index (κ1) is 16.0. The highest BCUT2D eigenvalue weighted by molar-refractivity contribution is 7.38. The first-order valence-electron chi connectivity index (χ1n) is 4.80. The van der Waals surface area contributed by atoms with Crippen LogP contribution in [-0.2, 0) is 32.9 Å².